The summed E-state index contributed by atoms with van der Waals surface area (Å²) in [7, 11) is 0. The monoisotopic (exact) mass is 608 g/mol. The summed E-state index contributed by atoms with van der Waals surface area (Å²) in [5, 5.41) is 0. The molecule has 0 spiro atoms. The van der Waals surface area contributed by atoms with Crippen molar-refractivity contribution >= 4 is 4.21 Å². The molecule has 0 nitrogen and oxygen atoms in total. The minimum Gasteiger partial charge on any atom is -1.00 e. The first kappa shape index (κ1) is 31.4. The molecule has 0 bridgehead atoms. The quantitative estimate of drug-likeness (QED) is 0.265. The predicted molar refractivity (Wildman–Crippen MR) is 151 cm³/mol. The fourth-order valence-corrected chi connectivity index (χ4v) is 4.45. The Labute approximate surface area is 254 Å². The smallest absolute Gasteiger partial charge is 1.00 e. The second-order valence-corrected chi connectivity index (χ2v) is 8.56. The van der Waals surface area contributed by atoms with E-state index in [4.69, 9.17) is 0 Å². The van der Waals surface area contributed by atoms with Crippen LogP contribution in [0.2, 0.25) is 0 Å². The molecule has 2 aromatic carbocycles. The van der Waals surface area contributed by atoms with Crippen LogP contribution in [0.15, 0.2) is 121 Å². The van der Waals surface area contributed by atoms with Crippen LogP contribution in [0, 0.1) is 26.0 Å². The van der Waals surface area contributed by atoms with Gasteiger partial charge in [-0.2, -0.15) is 23.3 Å². The zero-order valence-electron chi connectivity index (χ0n) is 21.5. The van der Waals surface area contributed by atoms with Gasteiger partial charge in [0.2, 0.25) is 0 Å². The number of fused-ring (bicyclic) bond motifs is 2. The Balaban J connectivity index is 0.000000239. The largest absolute Gasteiger partial charge is 1.00 e. The number of rotatable bonds is 2. The second-order valence-electron chi connectivity index (χ2n) is 8.56. The Morgan fingerprint density at radius 2 is 0.763 bits per heavy atom. The van der Waals surface area contributed by atoms with Gasteiger partial charge in [-0.25, -0.2) is 0 Å². The van der Waals surface area contributed by atoms with Gasteiger partial charge < -0.3 is 24.8 Å². The molecule has 0 fully saturated rings. The molecule has 0 aromatic heterocycles. The van der Waals surface area contributed by atoms with Crippen LogP contribution in [0.25, 0.3) is 44.5 Å². The number of halogens is 2. The Kier molecular flexibility index (Phi) is 12.8. The van der Waals surface area contributed by atoms with Crippen molar-refractivity contribution in [3.8, 4) is 44.5 Å². The van der Waals surface area contributed by atoms with Crippen molar-refractivity contribution in [2.45, 2.75) is 13.8 Å². The van der Waals surface area contributed by atoms with Gasteiger partial charge in [0.25, 0.3) is 0 Å². The van der Waals surface area contributed by atoms with Crippen molar-refractivity contribution in [2.24, 2.45) is 0 Å². The van der Waals surface area contributed by atoms with Crippen LogP contribution in [-0.4, -0.2) is 4.21 Å². The molecule has 0 radical (unpaired) electrons. The van der Waals surface area contributed by atoms with E-state index in [1.54, 1.807) is 0 Å². The van der Waals surface area contributed by atoms with Crippen molar-refractivity contribution < 1.29 is 49.0 Å². The van der Waals surface area contributed by atoms with Crippen molar-refractivity contribution in [1.29, 1.82) is 0 Å². The van der Waals surface area contributed by atoms with E-state index in [9.17, 15) is 0 Å². The second kappa shape index (κ2) is 15.6. The van der Waals surface area contributed by atoms with Crippen LogP contribution in [0.1, 0.15) is 11.1 Å². The van der Waals surface area contributed by atoms with E-state index in [0.29, 0.717) is 0 Å². The molecule has 0 N–H and O–H groups in total. The maximum absolute atomic E-state index is 3.39. The fourth-order valence-electron chi connectivity index (χ4n) is 4.45. The molecule has 0 heterocycles. The number of hydrogen-bond donors (Lipinski definition) is 0. The third kappa shape index (κ3) is 7.61. The molecule has 4 aliphatic rings. The van der Waals surface area contributed by atoms with E-state index in [2.05, 4.69) is 139 Å². The van der Waals surface area contributed by atoms with E-state index in [1.165, 1.54) is 79.9 Å². The molecule has 0 unspecified atom stereocenters. The minimum atomic E-state index is 0. The molecule has 4 aliphatic carbocycles. The predicted octanol–water partition coefficient (Wildman–Crippen LogP) is 3.11. The molecule has 3 heteroatoms. The zero-order chi connectivity index (χ0) is 25.3. The molecular formula is C35H28Cl2Zr-2. The first-order valence-electron chi connectivity index (χ1n) is 12.0. The third-order valence-electron chi connectivity index (χ3n) is 5.99. The van der Waals surface area contributed by atoms with Gasteiger partial charge in [0.05, 0.1) is 0 Å². The summed E-state index contributed by atoms with van der Waals surface area (Å²) < 4.78 is 3.34. The maximum Gasteiger partial charge on any atom is -1.00 e. The van der Waals surface area contributed by atoms with E-state index in [0.717, 1.165) is 0 Å². The summed E-state index contributed by atoms with van der Waals surface area (Å²) in [5.74, 6) is 0. The molecular weight excluding hydrogens is 583 g/mol. The Morgan fingerprint density at radius 3 is 1.13 bits per heavy atom. The van der Waals surface area contributed by atoms with Crippen LogP contribution >= 0.6 is 0 Å². The van der Waals surface area contributed by atoms with Crippen molar-refractivity contribution in [1.82, 2.24) is 0 Å². The topological polar surface area (TPSA) is 0 Å². The summed E-state index contributed by atoms with van der Waals surface area (Å²) in [4.78, 5) is 0. The van der Waals surface area contributed by atoms with E-state index >= 15 is 0 Å². The molecule has 0 amide bonds. The first-order chi connectivity index (χ1) is 17.7. The zero-order valence-corrected chi connectivity index (χ0v) is 25.5. The Bertz CT molecular complexity index is 1370. The van der Waals surface area contributed by atoms with Crippen LogP contribution in [0.5, 0.6) is 0 Å². The summed E-state index contributed by atoms with van der Waals surface area (Å²) >= 11 is 1.30. The van der Waals surface area contributed by atoms with Gasteiger partial charge in [-0.3, -0.25) is 0 Å². The summed E-state index contributed by atoms with van der Waals surface area (Å²) in [6.07, 6.45) is 0. The fraction of sp³-hybridized carbons (Fsp3) is 0.0571. The van der Waals surface area contributed by atoms with E-state index in [-0.39, 0.29) is 24.8 Å². The van der Waals surface area contributed by atoms with Crippen molar-refractivity contribution in [2.75, 3.05) is 0 Å². The van der Waals surface area contributed by atoms with Gasteiger partial charge in [-0.1, -0.05) is 110 Å². The maximum atomic E-state index is 3.39. The van der Waals surface area contributed by atoms with E-state index < -0.39 is 0 Å². The SMILES string of the molecule is Cc1[c-]c2ccccc(-c3ccccc3)c-2c1.Cc1[c-]c2ccccc(-c3ccccc3)c-2c1.[CH2]=[Zr+2].[Cl-].[Cl-]. The average molecular weight is 611 g/mol. The molecule has 0 atom stereocenters. The van der Waals surface area contributed by atoms with Gasteiger partial charge in [0.15, 0.2) is 0 Å². The van der Waals surface area contributed by atoms with Crippen LogP contribution < -0.4 is 24.8 Å². The van der Waals surface area contributed by atoms with Gasteiger partial charge in [-0.05, 0) is 11.1 Å². The number of aryl methyl sites for hydroxylation is 2. The molecule has 6 rings (SSSR count). The van der Waals surface area contributed by atoms with Crippen LogP contribution in [0.3, 0.4) is 0 Å². The number of hydrogen-bond acceptors (Lipinski definition) is 0. The first-order valence-corrected chi connectivity index (χ1v) is 13.7. The van der Waals surface area contributed by atoms with Gasteiger partial charge in [-0.15, -0.1) is 58.7 Å². The summed E-state index contributed by atoms with van der Waals surface area (Å²) in [6, 6.07) is 49.1. The average Bonchev–Trinajstić information content (AvgIpc) is 3.33. The number of benzene rings is 2. The van der Waals surface area contributed by atoms with Gasteiger partial charge in [0, 0.05) is 0 Å². The van der Waals surface area contributed by atoms with Crippen molar-refractivity contribution in [3.05, 3.63) is 145 Å². The normalized spacial score (nSPS) is 9.68. The van der Waals surface area contributed by atoms with Gasteiger partial charge in [0.1, 0.15) is 0 Å². The molecule has 0 aliphatic heterocycles. The molecule has 188 valence electrons. The Hall–Kier alpha value is -2.83. The molecule has 0 saturated carbocycles. The minimum absolute atomic E-state index is 0. The molecule has 0 saturated heterocycles. The molecule has 2 aromatic rings. The van der Waals surface area contributed by atoms with Crippen LogP contribution in [-0.2, 0) is 24.2 Å². The van der Waals surface area contributed by atoms with E-state index in [1.807, 2.05) is 12.1 Å². The molecule has 38 heavy (non-hydrogen) atoms. The summed E-state index contributed by atoms with van der Waals surface area (Å²) in [6.45, 7) is 4.18. The van der Waals surface area contributed by atoms with Crippen molar-refractivity contribution in [3.63, 3.8) is 0 Å². The van der Waals surface area contributed by atoms with Gasteiger partial charge >= 0.3 is 28.4 Å². The third-order valence-corrected chi connectivity index (χ3v) is 5.99. The summed E-state index contributed by atoms with van der Waals surface area (Å²) in [5.41, 5.74) is 12.4. The van der Waals surface area contributed by atoms with Crippen LogP contribution in [0.4, 0.5) is 0 Å². The standard InChI is InChI=1S/2C17H13.CH2.2ClH.Zr/c2*1-13-11-15-9-5-6-10-16(17(15)12-13)14-7-3-2-4-8-14;;;;/h2*2-10,12H,1H3;1H2;2*1H;/q2*-1;;;;+2/p-2. The Morgan fingerprint density at radius 1 is 0.447 bits per heavy atom.